The second-order valence-corrected chi connectivity index (χ2v) is 6.96. The van der Waals surface area contributed by atoms with Gasteiger partial charge in [-0.2, -0.15) is 0 Å². The molecule has 3 nitrogen and oxygen atoms in total. The van der Waals surface area contributed by atoms with Crippen molar-refractivity contribution in [1.82, 2.24) is 9.97 Å². The van der Waals surface area contributed by atoms with E-state index in [0.717, 1.165) is 37.8 Å². The van der Waals surface area contributed by atoms with Crippen molar-refractivity contribution in [2.75, 3.05) is 0 Å². The highest BCUT2D eigenvalue weighted by atomic mass is 79.9. The first-order valence-electron chi connectivity index (χ1n) is 8.30. The van der Waals surface area contributed by atoms with Crippen LogP contribution in [0.4, 0.5) is 0 Å². The molecule has 0 bridgehead atoms. The van der Waals surface area contributed by atoms with Crippen LogP contribution in [0, 0.1) is 0 Å². The van der Waals surface area contributed by atoms with Crippen molar-refractivity contribution >= 4 is 38.0 Å². The monoisotopic (exact) mass is 400 g/mol. The zero-order valence-electron chi connectivity index (χ0n) is 13.7. The van der Waals surface area contributed by atoms with E-state index in [-0.39, 0.29) is 0 Å². The lowest BCUT2D eigenvalue weighted by molar-refractivity contribution is 0.667. The third kappa shape index (κ3) is 2.50. The van der Waals surface area contributed by atoms with E-state index in [1.807, 2.05) is 78.9 Å². The molecule has 26 heavy (non-hydrogen) atoms. The van der Waals surface area contributed by atoms with E-state index in [2.05, 4.69) is 15.9 Å². The summed E-state index contributed by atoms with van der Waals surface area (Å²) in [5.41, 5.74) is 5.16. The Balaban J connectivity index is 1.88. The van der Waals surface area contributed by atoms with Crippen LogP contribution in [-0.2, 0) is 0 Å². The summed E-state index contributed by atoms with van der Waals surface area (Å²) in [6, 6.07) is 26.1. The van der Waals surface area contributed by atoms with E-state index in [4.69, 9.17) is 14.4 Å². The highest BCUT2D eigenvalue weighted by molar-refractivity contribution is 9.10. The van der Waals surface area contributed by atoms with Crippen molar-refractivity contribution in [3.8, 4) is 22.6 Å². The summed E-state index contributed by atoms with van der Waals surface area (Å²) in [5, 5.41) is 1.00. The van der Waals surface area contributed by atoms with Gasteiger partial charge in [0.2, 0.25) is 0 Å². The Labute approximate surface area is 158 Å². The minimum atomic E-state index is 0.697. The maximum Gasteiger partial charge on any atom is 0.180 e. The van der Waals surface area contributed by atoms with Gasteiger partial charge >= 0.3 is 0 Å². The standard InChI is InChI=1S/C22H13BrN2O/c23-16-12-10-14(11-13-16)19-21-20(17-8-4-5-9-18(17)26-21)25-22(24-19)15-6-2-1-3-7-15/h1-13H. The minimum absolute atomic E-state index is 0.697. The average Bonchev–Trinajstić information content (AvgIpc) is 3.07. The normalized spacial score (nSPS) is 11.3. The van der Waals surface area contributed by atoms with Crippen molar-refractivity contribution in [3.63, 3.8) is 0 Å². The molecule has 5 rings (SSSR count). The van der Waals surface area contributed by atoms with E-state index >= 15 is 0 Å². The molecule has 0 saturated heterocycles. The molecule has 0 aliphatic heterocycles. The molecule has 0 unspecified atom stereocenters. The van der Waals surface area contributed by atoms with Crippen LogP contribution in [0.1, 0.15) is 0 Å². The summed E-state index contributed by atoms with van der Waals surface area (Å²) in [7, 11) is 0. The molecule has 4 heteroatoms. The number of para-hydroxylation sites is 1. The number of fused-ring (bicyclic) bond motifs is 3. The Morgan fingerprint density at radius 2 is 1.42 bits per heavy atom. The first-order chi connectivity index (χ1) is 12.8. The van der Waals surface area contributed by atoms with Gasteiger partial charge in [0.15, 0.2) is 11.4 Å². The predicted octanol–water partition coefficient (Wildman–Crippen LogP) is 6.47. The van der Waals surface area contributed by atoms with Crippen molar-refractivity contribution in [2.24, 2.45) is 0 Å². The minimum Gasteiger partial charge on any atom is -0.452 e. The SMILES string of the molecule is Brc1ccc(-c2nc(-c3ccccc3)nc3c2oc2ccccc23)cc1. The van der Waals surface area contributed by atoms with Gasteiger partial charge in [0, 0.05) is 21.0 Å². The lowest BCUT2D eigenvalue weighted by Gasteiger charge is -2.06. The fourth-order valence-electron chi connectivity index (χ4n) is 3.11. The van der Waals surface area contributed by atoms with Gasteiger partial charge in [-0.05, 0) is 24.3 Å². The zero-order valence-corrected chi connectivity index (χ0v) is 15.3. The van der Waals surface area contributed by atoms with Crippen molar-refractivity contribution in [2.45, 2.75) is 0 Å². The fraction of sp³-hybridized carbons (Fsp3) is 0. The Kier molecular flexibility index (Phi) is 3.57. The Morgan fingerprint density at radius 1 is 0.692 bits per heavy atom. The number of rotatable bonds is 2. The smallest absolute Gasteiger partial charge is 0.180 e. The number of benzene rings is 3. The largest absolute Gasteiger partial charge is 0.452 e. The maximum atomic E-state index is 6.12. The van der Waals surface area contributed by atoms with Crippen LogP contribution in [0.15, 0.2) is 87.8 Å². The van der Waals surface area contributed by atoms with E-state index in [9.17, 15) is 0 Å². The van der Waals surface area contributed by atoms with Gasteiger partial charge in [0.05, 0.1) is 0 Å². The Bertz CT molecular complexity index is 1230. The molecule has 0 saturated carbocycles. The van der Waals surface area contributed by atoms with Gasteiger partial charge in [0.1, 0.15) is 16.8 Å². The molecule has 124 valence electrons. The molecule has 0 amide bonds. The summed E-state index contributed by atoms with van der Waals surface area (Å²) < 4.78 is 7.15. The molecule has 0 spiro atoms. The molecule has 0 radical (unpaired) electrons. The molecule has 0 fully saturated rings. The number of hydrogen-bond donors (Lipinski definition) is 0. The molecule has 5 aromatic rings. The molecule has 3 aromatic carbocycles. The van der Waals surface area contributed by atoms with Crippen LogP contribution >= 0.6 is 15.9 Å². The van der Waals surface area contributed by atoms with Gasteiger partial charge in [-0.3, -0.25) is 0 Å². The summed E-state index contributed by atoms with van der Waals surface area (Å²) in [4.78, 5) is 9.67. The quantitative estimate of drug-likeness (QED) is 0.340. The van der Waals surface area contributed by atoms with Crippen LogP contribution in [-0.4, -0.2) is 9.97 Å². The Morgan fingerprint density at radius 3 is 2.23 bits per heavy atom. The van der Waals surface area contributed by atoms with E-state index in [1.165, 1.54) is 0 Å². The molecule has 0 aliphatic rings. The van der Waals surface area contributed by atoms with Gasteiger partial charge in [0.25, 0.3) is 0 Å². The number of furan rings is 1. The summed E-state index contributed by atoms with van der Waals surface area (Å²) in [6.45, 7) is 0. The first kappa shape index (κ1) is 15.3. The number of halogens is 1. The van der Waals surface area contributed by atoms with Crippen LogP contribution < -0.4 is 0 Å². The van der Waals surface area contributed by atoms with Crippen molar-refractivity contribution in [1.29, 1.82) is 0 Å². The first-order valence-corrected chi connectivity index (χ1v) is 9.09. The summed E-state index contributed by atoms with van der Waals surface area (Å²) >= 11 is 3.49. The maximum absolute atomic E-state index is 6.12. The fourth-order valence-corrected chi connectivity index (χ4v) is 3.38. The second kappa shape index (κ2) is 6.07. The van der Waals surface area contributed by atoms with Crippen molar-refractivity contribution in [3.05, 3.63) is 83.3 Å². The molecular weight excluding hydrogens is 388 g/mol. The predicted molar refractivity (Wildman–Crippen MR) is 108 cm³/mol. The number of nitrogens with zero attached hydrogens (tertiary/aromatic N) is 2. The number of aromatic nitrogens is 2. The van der Waals surface area contributed by atoms with Gasteiger partial charge < -0.3 is 4.42 Å². The van der Waals surface area contributed by atoms with Crippen LogP contribution in [0.25, 0.3) is 44.7 Å². The second-order valence-electron chi connectivity index (χ2n) is 6.04. The summed E-state index contributed by atoms with van der Waals surface area (Å²) in [6.07, 6.45) is 0. The average molecular weight is 401 g/mol. The molecular formula is C22H13BrN2O. The highest BCUT2D eigenvalue weighted by Gasteiger charge is 2.17. The zero-order chi connectivity index (χ0) is 17.5. The van der Waals surface area contributed by atoms with E-state index in [1.54, 1.807) is 0 Å². The molecule has 2 heterocycles. The van der Waals surface area contributed by atoms with Crippen LogP contribution in [0.5, 0.6) is 0 Å². The van der Waals surface area contributed by atoms with E-state index in [0.29, 0.717) is 11.4 Å². The van der Waals surface area contributed by atoms with Gasteiger partial charge in [-0.25, -0.2) is 9.97 Å². The Hall–Kier alpha value is -2.98. The van der Waals surface area contributed by atoms with Crippen LogP contribution in [0.2, 0.25) is 0 Å². The van der Waals surface area contributed by atoms with Crippen LogP contribution in [0.3, 0.4) is 0 Å². The molecule has 0 atom stereocenters. The van der Waals surface area contributed by atoms with E-state index < -0.39 is 0 Å². The number of hydrogen-bond acceptors (Lipinski definition) is 3. The van der Waals surface area contributed by atoms with Gasteiger partial charge in [-0.1, -0.05) is 70.5 Å². The molecule has 0 N–H and O–H groups in total. The van der Waals surface area contributed by atoms with Crippen molar-refractivity contribution < 1.29 is 4.42 Å². The highest BCUT2D eigenvalue weighted by Crippen LogP contribution is 2.35. The third-order valence-corrected chi connectivity index (χ3v) is 4.90. The summed E-state index contributed by atoms with van der Waals surface area (Å²) in [5.74, 6) is 0.697. The molecule has 0 aliphatic carbocycles. The lowest BCUT2D eigenvalue weighted by Crippen LogP contribution is -1.93. The van der Waals surface area contributed by atoms with Gasteiger partial charge in [-0.15, -0.1) is 0 Å². The molecule has 2 aromatic heterocycles. The topological polar surface area (TPSA) is 38.9 Å². The lowest BCUT2D eigenvalue weighted by atomic mass is 10.1. The third-order valence-electron chi connectivity index (χ3n) is 4.37.